The zero-order valence-corrected chi connectivity index (χ0v) is 16.1. The fourth-order valence-electron chi connectivity index (χ4n) is 3.16. The highest BCUT2D eigenvalue weighted by molar-refractivity contribution is 6.01. The van der Waals surface area contributed by atoms with Crippen LogP contribution in [-0.2, 0) is 16.2 Å². The molecule has 0 aliphatic carbocycles. The van der Waals surface area contributed by atoms with Gasteiger partial charge in [-0.25, -0.2) is 8.78 Å². The van der Waals surface area contributed by atoms with Crippen molar-refractivity contribution in [1.29, 1.82) is 0 Å². The van der Waals surface area contributed by atoms with Crippen molar-refractivity contribution in [2.24, 2.45) is 11.1 Å². The van der Waals surface area contributed by atoms with Crippen molar-refractivity contribution in [3.8, 4) is 0 Å². The number of halogens is 2. The van der Waals surface area contributed by atoms with Crippen molar-refractivity contribution in [1.82, 2.24) is 4.90 Å². The summed E-state index contributed by atoms with van der Waals surface area (Å²) in [5, 5.41) is 4.15. The maximum Gasteiger partial charge on any atom is 0.223 e. The number of carbonyl (C=O) groups is 1. The SMILES string of the molecule is CC(C)CC(=O)N(Cc1ccc(F)cc1F)C[C@@H]1CC(c2ccccc2)=NO1. The van der Waals surface area contributed by atoms with E-state index in [4.69, 9.17) is 4.84 Å². The molecule has 1 heterocycles. The number of amides is 1. The van der Waals surface area contributed by atoms with E-state index in [0.29, 0.717) is 19.4 Å². The highest BCUT2D eigenvalue weighted by Gasteiger charge is 2.27. The van der Waals surface area contributed by atoms with Crippen LogP contribution in [0.3, 0.4) is 0 Å². The third kappa shape index (κ3) is 5.15. The molecule has 1 amide bonds. The summed E-state index contributed by atoms with van der Waals surface area (Å²) < 4.78 is 27.3. The first-order valence-corrected chi connectivity index (χ1v) is 9.42. The Kier molecular flexibility index (Phi) is 6.39. The first kappa shape index (κ1) is 20.0. The van der Waals surface area contributed by atoms with E-state index in [0.717, 1.165) is 17.3 Å². The van der Waals surface area contributed by atoms with E-state index in [1.165, 1.54) is 12.1 Å². The van der Waals surface area contributed by atoms with E-state index in [1.54, 1.807) is 4.90 Å². The molecule has 1 atom stereocenters. The fraction of sp³-hybridized carbons (Fsp3) is 0.364. The lowest BCUT2D eigenvalue weighted by Crippen LogP contribution is -2.38. The van der Waals surface area contributed by atoms with E-state index in [-0.39, 0.29) is 30.0 Å². The van der Waals surface area contributed by atoms with Crippen molar-refractivity contribution in [2.45, 2.75) is 39.3 Å². The van der Waals surface area contributed by atoms with Crippen LogP contribution in [0.5, 0.6) is 0 Å². The van der Waals surface area contributed by atoms with Crippen LogP contribution in [0.1, 0.15) is 37.8 Å². The second-order valence-electron chi connectivity index (χ2n) is 7.44. The monoisotopic (exact) mass is 386 g/mol. The summed E-state index contributed by atoms with van der Waals surface area (Å²) in [5.74, 6) is -1.21. The van der Waals surface area contributed by atoms with Crippen LogP contribution in [0.4, 0.5) is 8.78 Å². The molecule has 6 heteroatoms. The van der Waals surface area contributed by atoms with Crippen LogP contribution in [0, 0.1) is 17.6 Å². The number of hydrogen-bond acceptors (Lipinski definition) is 3. The van der Waals surface area contributed by atoms with Crippen LogP contribution in [0.15, 0.2) is 53.7 Å². The lowest BCUT2D eigenvalue weighted by molar-refractivity contribution is -0.134. The molecule has 2 aromatic carbocycles. The second kappa shape index (κ2) is 8.95. The van der Waals surface area contributed by atoms with Crippen molar-refractivity contribution in [3.05, 3.63) is 71.3 Å². The van der Waals surface area contributed by atoms with Gasteiger partial charge in [-0.1, -0.05) is 55.4 Å². The van der Waals surface area contributed by atoms with E-state index in [9.17, 15) is 13.6 Å². The predicted octanol–water partition coefficient (Wildman–Crippen LogP) is 4.53. The third-order valence-corrected chi connectivity index (χ3v) is 4.58. The van der Waals surface area contributed by atoms with Crippen molar-refractivity contribution >= 4 is 11.6 Å². The molecule has 4 nitrogen and oxygen atoms in total. The zero-order chi connectivity index (χ0) is 20.1. The highest BCUT2D eigenvalue weighted by atomic mass is 19.1. The first-order chi connectivity index (χ1) is 13.4. The molecule has 0 radical (unpaired) electrons. The van der Waals surface area contributed by atoms with Gasteiger partial charge in [-0.2, -0.15) is 0 Å². The average molecular weight is 386 g/mol. The Morgan fingerprint density at radius 3 is 2.64 bits per heavy atom. The normalized spacial score (nSPS) is 16.0. The molecule has 0 fully saturated rings. The second-order valence-corrected chi connectivity index (χ2v) is 7.44. The van der Waals surface area contributed by atoms with Crippen LogP contribution in [0.2, 0.25) is 0 Å². The molecule has 0 aromatic heterocycles. The number of benzene rings is 2. The molecule has 2 aromatic rings. The highest BCUT2D eigenvalue weighted by Crippen LogP contribution is 2.20. The number of hydrogen-bond donors (Lipinski definition) is 0. The number of rotatable bonds is 7. The molecule has 28 heavy (non-hydrogen) atoms. The molecule has 0 bridgehead atoms. The number of oxime groups is 1. The Morgan fingerprint density at radius 1 is 1.21 bits per heavy atom. The summed E-state index contributed by atoms with van der Waals surface area (Å²) in [4.78, 5) is 19.8. The minimum atomic E-state index is -0.657. The van der Waals surface area contributed by atoms with Gasteiger partial charge < -0.3 is 9.74 Å². The van der Waals surface area contributed by atoms with Crippen LogP contribution in [-0.4, -0.2) is 29.2 Å². The fourth-order valence-corrected chi connectivity index (χ4v) is 3.16. The Morgan fingerprint density at radius 2 is 1.96 bits per heavy atom. The quantitative estimate of drug-likeness (QED) is 0.701. The topological polar surface area (TPSA) is 41.9 Å². The molecule has 1 aliphatic heterocycles. The molecule has 3 rings (SSSR count). The van der Waals surface area contributed by atoms with Gasteiger partial charge in [-0.05, 0) is 17.5 Å². The standard InChI is InChI=1S/C22H24F2N2O2/c1-15(2)10-22(27)26(13-17-8-9-18(23)11-20(17)24)14-19-12-21(25-28-19)16-6-4-3-5-7-16/h3-9,11,15,19H,10,12-14H2,1-2H3/t19-/m0/s1. The molecule has 148 valence electrons. The van der Waals surface area contributed by atoms with Crippen molar-refractivity contribution in [2.75, 3.05) is 6.54 Å². The largest absolute Gasteiger partial charge is 0.390 e. The zero-order valence-electron chi connectivity index (χ0n) is 16.1. The summed E-state index contributed by atoms with van der Waals surface area (Å²) >= 11 is 0. The van der Waals surface area contributed by atoms with Gasteiger partial charge in [0.15, 0.2) is 6.10 Å². The first-order valence-electron chi connectivity index (χ1n) is 9.42. The molecule has 1 aliphatic rings. The summed E-state index contributed by atoms with van der Waals surface area (Å²) in [6.07, 6.45) is 0.623. The van der Waals surface area contributed by atoms with Gasteiger partial charge >= 0.3 is 0 Å². The Labute approximate surface area is 163 Å². The van der Waals surface area contributed by atoms with E-state index in [2.05, 4.69) is 5.16 Å². The van der Waals surface area contributed by atoms with E-state index < -0.39 is 11.6 Å². The summed E-state index contributed by atoms with van der Waals surface area (Å²) in [5.41, 5.74) is 2.09. The lowest BCUT2D eigenvalue weighted by atomic mass is 10.0. The molecule has 0 saturated carbocycles. The van der Waals surface area contributed by atoms with Crippen molar-refractivity contribution in [3.63, 3.8) is 0 Å². The summed E-state index contributed by atoms with van der Waals surface area (Å²) in [6.45, 7) is 4.27. The Hall–Kier alpha value is -2.76. The predicted molar refractivity (Wildman–Crippen MR) is 104 cm³/mol. The smallest absolute Gasteiger partial charge is 0.223 e. The molecule has 0 N–H and O–H groups in total. The van der Waals surface area contributed by atoms with E-state index in [1.807, 2.05) is 44.2 Å². The number of carbonyl (C=O) groups excluding carboxylic acids is 1. The minimum absolute atomic E-state index is 0.0677. The third-order valence-electron chi connectivity index (χ3n) is 4.58. The number of nitrogens with zero attached hydrogens (tertiary/aromatic N) is 2. The van der Waals surface area contributed by atoms with Gasteiger partial charge in [-0.3, -0.25) is 4.79 Å². The van der Waals surface area contributed by atoms with E-state index >= 15 is 0 Å². The van der Waals surface area contributed by atoms with Crippen LogP contribution < -0.4 is 0 Å². The summed E-state index contributed by atoms with van der Waals surface area (Å²) in [6, 6.07) is 13.1. The van der Waals surface area contributed by atoms with Gasteiger partial charge in [0.25, 0.3) is 0 Å². The van der Waals surface area contributed by atoms with Crippen LogP contribution >= 0.6 is 0 Å². The van der Waals surface area contributed by atoms with Gasteiger partial charge in [0.05, 0.1) is 12.3 Å². The molecular weight excluding hydrogens is 362 g/mol. The maximum atomic E-state index is 14.1. The minimum Gasteiger partial charge on any atom is -0.390 e. The van der Waals surface area contributed by atoms with Gasteiger partial charge in [0.1, 0.15) is 11.6 Å². The summed E-state index contributed by atoms with van der Waals surface area (Å²) in [7, 11) is 0. The maximum absolute atomic E-state index is 14.1. The van der Waals surface area contributed by atoms with Crippen molar-refractivity contribution < 1.29 is 18.4 Å². The molecule has 0 saturated heterocycles. The molecule has 0 spiro atoms. The van der Waals surface area contributed by atoms with Gasteiger partial charge in [0.2, 0.25) is 5.91 Å². The van der Waals surface area contributed by atoms with Gasteiger partial charge in [0, 0.05) is 31.0 Å². The molecular formula is C22H24F2N2O2. The Bertz CT molecular complexity index is 853. The lowest BCUT2D eigenvalue weighted by Gasteiger charge is -2.26. The Balaban J connectivity index is 1.70. The average Bonchev–Trinajstić information content (AvgIpc) is 3.12. The van der Waals surface area contributed by atoms with Gasteiger partial charge in [-0.15, -0.1) is 0 Å². The molecule has 0 unspecified atom stereocenters. The van der Waals surface area contributed by atoms with Crippen LogP contribution in [0.25, 0.3) is 0 Å².